The quantitative estimate of drug-likeness (QED) is 0.492. The third-order valence-corrected chi connectivity index (χ3v) is 2.94. The van der Waals surface area contributed by atoms with Gasteiger partial charge in [-0.05, 0) is 39.4 Å². The van der Waals surface area contributed by atoms with Crippen LogP contribution in [0.25, 0.3) is 0 Å². The van der Waals surface area contributed by atoms with E-state index in [0.717, 1.165) is 23.8 Å². The lowest BCUT2D eigenvalue weighted by molar-refractivity contribution is 0.891. The Kier molecular flexibility index (Phi) is 5.42. The number of thiazole rings is 1. The predicted molar refractivity (Wildman–Crippen MR) is 75.1 cm³/mol. The Morgan fingerprint density at radius 2 is 2.31 bits per heavy atom. The fraction of sp³-hybridized carbons (Fsp3) is 0.455. The molecule has 1 heterocycles. The molecule has 0 aromatic carbocycles. The maximum Gasteiger partial charge on any atom is 0.189 e. The van der Waals surface area contributed by atoms with Gasteiger partial charge in [0.15, 0.2) is 10.2 Å². The SMILES string of the molecule is CC(C)=CCCNC(=S)Nc1nc(C)cs1. The van der Waals surface area contributed by atoms with E-state index in [1.54, 1.807) is 11.3 Å². The standard InChI is InChI=1S/C11H17N3S2/c1-8(2)5-4-6-12-10(15)14-11-13-9(3)7-16-11/h5,7H,4,6H2,1-3H3,(H2,12,13,14,15). The molecule has 0 saturated carbocycles. The summed E-state index contributed by atoms with van der Waals surface area (Å²) >= 11 is 6.71. The molecule has 0 radical (unpaired) electrons. The van der Waals surface area contributed by atoms with Gasteiger partial charge in [0, 0.05) is 11.9 Å². The molecule has 0 atom stereocenters. The maximum absolute atomic E-state index is 5.15. The molecule has 0 spiro atoms. The van der Waals surface area contributed by atoms with E-state index in [4.69, 9.17) is 12.2 Å². The van der Waals surface area contributed by atoms with Crippen LogP contribution in [0.5, 0.6) is 0 Å². The summed E-state index contributed by atoms with van der Waals surface area (Å²) in [6.45, 7) is 7.00. The Balaban J connectivity index is 2.24. The smallest absolute Gasteiger partial charge is 0.189 e. The second kappa shape index (κ2) is 6.60. The number of allylic oxidation sites excluding steroid dienone is 1. The van der Waals surface area contributed by atoms with Gasteiger partial charge in [-0.2, -0.15) is 0 Å². The van der Waals surface area contributed by atoms with E-state index in [-0.39, 0.29) is 0 Å². The Morgan fingerprint density at radius 3 is 2.88 bits per heavy atom. The Bertz CT molecular complexity index is 378. The summed E-state index contributed by atoms with van der Waals surface area (Å²) in [6, 6.07) is 0. The van der Waals surface area contributed by atoms with Gasteiger partial charge < -0.3 is 10.6 Å². The largest absolute Gasteiger partial charge is 0.362 e. The lowest BCUT2D eigenvalue weighted by atomic mass is 10.3. The maximum atomic E-state index is 5.15. The minimum atomic E-state index is 0.636. The van der Waals surface area contributed by atoms with Crippen molar-refractivity contribution >= 4 is 33.8 Å². The average Bonchev–Trinajstić information content (AvgIpc) is 2.58. The summed E-state index contributed by atoms with van der Waals surface area (Å²) < 4.78 is 0. The van der Waals surface area contributed by atoms with Crippen LogP contribution in [0, 0.1) is 6.92 Å². The van der Waals surface area contributed by atoms with Gasteiger partial charge in [-0.1, -0.05) is 11.6 Å². The average molecular weight is 255 g/mol. The van der Waals surface area contributed by atoms with Crippen molar-refractivity contribution in [1.29, 1.82) is 0 Å². The van der Waals surface area contributed by atoms with Crippen LogP contribution in [0.1, 0.15) is 26.0 Å². The summed E-state index contributed by atoms with van der Waals surface area (Å²) in [5.41, 5.74) is 2.34. The van der Waals surface area contributed by atoms with Gasteiger partial charge in [0.2, 0.25) is 0 Å². The fourth-order valence-electron chi connectivity index (χ4n) is 1.10. The number of thiocarbonyl (C=S) groups is 1. The molecule has 2 N–H and O–H groups in total. The molecule has 0 aliphatic heterocycles. The Morgan fingerprint density at radius 1 is 1.56 bits per heavy atom. The highest BCUT2D eigenvalue weighted by Gasteiger charge is 2.00. The molecule has 88 valence electrons. The Labute approximate surface area is 106 Å². The molecule has 5 heteroatoms. The van der Waals surface area contributed by atoms with E-state index in [2.05, 4.69) is 35.5 Å². The monoisotopic (exact) mass is 255 g/mol. The summed E-state index contributed by atoms with van der Waals surface area (Å²) in [7, 11) is 0. The van der Waals surface area contributed by atoms with E-state index >= 15 is 0 Å². The van der Waals surface area contributed by atoms with E-state index in [0.29, 0.717) is 5.11 Å². The number of nitrogens with zero attached hydrogens (tertiary/aromatic N) is 1. The van der Waals surface area contributed by atoms with Crippen molar-refractivity contribution < 1.29 is 0 Å². The number of rotatable bonds is 4. The molecule has 0 aliphatic carbocycles. The van der Waals surface area contributed by atoms with Gasteiger partial charge in [0.25, 0.3) is 0 Å². The molecule has 0 unspecified atom stereocenters. The number of aryl methyl sites for hydroxylation is 1. The molecule has 0 bridgehead atoms. The van der Waals surface area contributed by atoms with Gasteiger partial charge in [-0.25, -0.2) is 4.98 Å². The van der Waals surface area contributed by atoms with Crippen LogP contribution in [-0.4, -0.2) is 16.6 Å². The number of hydrogen-bond acceptors (Lipinski definition) is 3. The third kappa shape index (κ3) is 5.23. The molecule has 1 aromatic rings. The van der Waals surface area contributed by atoms with E-state index in [9.17, 15) is 0 Å². The normalized spacial score (nSPS) is 9.69. The van der Waals surface area contributed by atoms with E-state index in [1.165, 1.54) is 5.57 Å². The first kappa shape index (κ1) is 13.1. The van der Waals surface area contributed by atoms with E-state index in [1.807, 2.05) is 12.3 Å². The molecule has 16 heavy (non-hydrogen) atoms. The topological polar surface area (TPSA) is 37.0 Å². The number of hydrogen-bond donors (Lipinski definition) is 2. The molecule has 0 aliphatic rings. The number of nitrogens with one attached hydrogen (secondary N) is 2. The minimum Gasteiger partial charge on any atom is -0.362 e. The molecule has 0 fully saturated rings. The van der Waals surface area contributed by atoms with Crippen LogP contribution < -0.4 is 10.6 Å². The summed E-state index contributed by atoms with van der Waals surface area (Å²) in [5.74, 6) is 0. The first-order chi connectivity index (χ1) is 7.58. The van der Waals surface area contributed by atoms with Gasteiger partial charge in [-0.3, -0.25) is 0 Å². The second-order valence-electron chi connectivity index (χ2n) is 3.75. The highest BCUT2D eigenvalue weighted by atomic mass is 32.1. The van der Waals surface area contributed by atoms with Crippen LogP contribution in [0.4, 0.5) is 5.13 Å². The molecular formula is C11H17N3S2. The highest BCUT2D eigenvalue weighted by Crippen LogP contribution is 2.13. The fourth-order valence-corrected chi connectivity index (χ4v) is 2.06. The lowest BCUT2D eigenvalue weighted by Crippen LogP contribution is -2.28. The van der Waals surface area contributed by atoms with Crippen molar-refractivity contribution in [2.45, 2.75) is 27.2 Å². The van der Waals surface area contributed by atoms with Gasteiger partial charge in [0.05, 0.1) is 5.69 Å². The van der Waals surface area contributed by atoms with Crippen molar-refractivity contribution in [3.63, 3.8) is 0 Å². The highest BCUT2D eigenvalue weighted by molar-refractivity contribution is 7.80. The molecule has 0 saturated heterocycles. The number of aromatic nitrogens is 1. The zero-order valence-corrected chi connectivity index (χ0v) is 11.5. The first-order valence-electron chi connectivity index (χ1n) is 5.18. The Hall–Kier alpha value is -0.940. The van der Waals surface area contributed by atoms with Crippen molar-refractivity contribution in [2.75, 3.05) is 11.9 Å². The summed E-state index contributed by atoms with van der Waals surface area (Å²) in [5, 5.41) is 9.67. The van der Waals surface area contributed by atoms with Crippen molar-refractivity contribution in [2.24, 2.45) is 0 Å². The van der Waals surface area contributed by atoms with Crippen LogP contribution in [0.3, 0.4) is 0 Å². The molecule has 3 nitrogen and oxygen atoms in total. The van der Waals surface area contributed by atoms with Gasteiger partial charge in [-0.15, -0.1) is 11.3 Å². The van der Waals surface area contributed by atoms with Crippen LogP contribution in [0.2, 0.25) is 0 Å². The molecular weight excluding hydrogens is 238 g/mol. The minimum absolute atomic E-state index is 0.636. The lowest BCUT2D eigenvalue weighted by Gasteiger charge is -2.06. The van der Waals surface area contributed by atoms with Crippen molar-refractivity contribution in [1.82, 2.24) is 10.3 Å². The molecule has 1 aromatic heterocycles. The summed E-state index contributed by atoms with van der Waals surface area (Å²) in [6.07, 6.45) is 3.17. The molecule has 1 rings (SSSR count). The number of anilines is 1. The molecule has 0 amide bonds. The first-order valence-corrected chi connectivity index (χ1v) is 6.47. The van der Waals surface area contributed by atoms with Crippen LogP contribution in [0.15, 0.2) is 17.0 Å². The van der Waals surface area contributed by atoms with Crippen molar-refractivity contribution in [3.05, 3.63) is 22.7 Å². The third-order valence-electron chi connectivity index (χ3n) is 1.82. The van der Waals surface area contributed by atoms with Crippen molar-refractivity contribution in [3.8, 4) is 0 Å². The van der Waals surface area contributed by atoms with Crippen LogP contribution >= 0.6 is 23.6 Å². The summed E-state index contributed by atoms with van der Waals surface area (Å²) in [4.78, 5) is 4.28. The van der Waals surface area contributed by atoms with Gasteiger partial charge >= 0.3 is 0 Å². The second-order valence-corrected chi connectivity index (χ2v) is 5.01. The van der Waals surface area contributed by atoms with E-state index < -0.39 is 0 Å². The predicted octanol–water partition coefficient (Wildman–Crippen LogP) is 3.09. The van der Waals surface area contributed by atoms with Crippen LogP contribution in [-0.2, 0) is 0 Å². The van der Waals surface area contributed by atoms with Gasteiger partial charge in [0.1, 0.15) is 0 Å². The zero-order chi connectivity index (χ0) is 12.0. The zero-order valence-electron chi connectivity index (χ0n) is 9.83.